The Balaban J connectivity index is 2.11. The first-order valence-electron chi connectivity index (χ1n) is 5.81. The first-order chi connectivity index (χ1) is 7.74. The highest BCUT2D eigenvalue weighted by Gasteiger charge is 2.35. The zero-order valence-corrected chi connectivity index (χ0v) is 9.80. The molecule has 0 bridgehead atoms. The molecule has 16 heavy (non-hydrogen) atoms. The van der Waals surface area contributed by atoms with E-state index in [0.717, 1.165) is 24.2 Å². The summed E-state index contributed by atoms with van der Waals surface area (Å²) in [7, 11) is 2.20. The van der Waals surface area contributed by atoms with Crippen molar-refractivity contribution in [2.45, 2.75) is 12.6 Å². The van der Waals surface area contributed by atoms with Gasteiger partial charge in [-0.2, -0.15) is 0 Å². The predicted octanol–water partition coefficient (Wildman–Crippen LogP) is 1.02. The third-order valence-electron chi connectivity index (χ3n) is 3.54. The fraction of sp³-hybridized carbons (Fsp3) is 0.538. The first-order valence-corrected chi connectivity index (χ1v) is 5.81. The molecule has 1 aromatic carbocycles. The largest absolute Gasteiger partial charge is 0.390 e. The third kappa shape index (κ3) is 2.43. The number of nitrogens with zero attached hydrogens (tertiary/aromatic N) is 1. The highest BCUT2D eigenvalue weighted by atomic mass is 16.5. The SMILES string of the molecule is C[N+]1(Cc2ccccc2)CCOCC1CO. The molecule has 88 valence electrons. The number of aliphatic hydroxyl groups is 1. The quantitative estimate of drug-likeness (QED) is 0.774. The summed E-state index contributed by atoms with van der Waals surface area (Å²) in [5, 5.41) is 9.41. The van der Waals surface area contributed by atoms with Gasteiger partial charge < -0.3 is 14.3 Å². The van der Waals surface area contributed by atoms with Crippen molar-refractivity contribution >= 4 is 0 Å². The van der Waals surface area contributed by atoms with Crippen molar-refractivity contribution < 1.29 is 14.3 Å². The van der Waals surface area contributed by atoms with E-state index < -0.39 is 0 Å². The molecule has 1 heterocycles. The summed E-state index contributed by atoms with van der Waals surface area (Å²) >= 11 is 0. The number of rotatable bonds is 3. The molecule has 0 saturated carbocycles. The van der Waals surface area contributed by atoms with Gasteiger partial charge in [0.25, 0.3) is 0 Å². The van der Waals surface area contributed by atoms with Crippen LogP contribution >= 0.6 is 0 Å². The van der Waals surface area contributed by atoms with Crippen LogP contribution in [-0.4, -0.2) is 49.0 Å². The number of benzene rings is 1. The van der Waals surface area contributed by atoms with Crippen LogP contribution < -0.4 is 0 Å². The lowest BCUT2D eigenvalue weighted by Gasteiger charge is -2.43. The van der Waals surface area contributed by atoms with E-state index in [4.69, 9.17) is 4.74 Å². The van der Waals surface area contributed by atoms with Crippen molar-refractivity contribution in [1.82, 2.24) is 0 Å². The van der Waals surface area contributed by atoms with Gasteiger partial charge in [-0.25, -0.2) is 0 Å². The van der Waals surface area contributed by atoms with E-state index in [1.807, 2.05) is 6.07 Å². The van der Waals surface area contributed by atoms with Crippen LogP contribution in [0.5, 0.6) is 0 Å². The minimum absolute atomic E-state index is 0.198. The van der Waals surface area contributed by atoms with Crippen molar-refractivity contribution in [2.75, 3.05) is 33.4 Å². The second kappa shape index (κ2) is 4.95. The maximum absolute atomic E-state index is 9.41. The van der Waals surface area contributed by atoms with Crippen LogP contribution in [0.1, 0.15) is 5.56 Å². The maximum Gasteiger partial charge on any atom is 0.136 e. The zero-order chi connectivity index (χ0) is 11.4. The number of ether oxygens (including phenoxy) is 1. The van der Waals surface area contributed by atoms with Gasteiger partial charge in [-0.15, -0.1) is 0 Å². The molecule has 1 fully saturated rings. The fourth-order valence-corrected chi connectivity index (χ4v) is 2.31. The molecule has 0 aliphatic carbocycles. The highest BCUT2D eigenvalue weighted by Crippen LogP contribution is 2.20. The average Bonchev–Trinajstić information content (AvgIpc) is 2.30. The van der Waals surface area contributed by atoms with Gasteiger partial charge in [-0.3, -0.25) is 0 Å². The van der Waals surface area contributed by atoms with Gasteiger partial charge in [0, 0.05) is 5.56 Å². The van der Waals surface area contributed by atoms with E-state index in [0.29, 0.717) is 6.61 Å². The molecule has 0 aromatic heterocycles. The summed E-state index contributed by atoms with van der Waals surface area (Å²) in [5.74, 6) is 0. The summed E-state index contributed by atoms with van der Waals surface area (Å²) in [5.41, 5.74) is 1.32. The number of hydrogen-bond acceptors (Lipinski definition) is 2. The van der Waals surface area contributed by atoms with Crippen LogP contribution in [0.2, 0.25) is 0 Å². The van der Waals surface area contributed by atoms with Crippen LogP contribution in [0.25, 0.3) is 0 Å². The molecule has 0 amide bonds. The molecule has 3 nitrogen and oxygen atoms in total. The Labute approximate surface area is 96.9 Å². The van der Waals surface area contributed by atoms with E-state index in [-0.39, 0.29) is 12.6 Å². The molecule has 2 unspecified atom stereocenters. The minimum atomic E-state index is 0.198. The van der Waals surface area contributed by atoms with E-state index in [2.05, 4.69) is 31.3 Å². The molecule has 1 saturated heterocycles. The Bertz CT molecular complexity index is 328. The lowest BCUT2D eigenvalue weighted by Crippen LogP contribution is -2.59. The van der Waals surface area contributed by atoms with Gasteiger partial charge in [0.1, 0.15) is 25.7 Å². The van der Waals surface area contributed by atoms with Crippen LogP contribution in [0.15, 0.2) is 30.3 Å². The van der Waals surface area contributed by atoms with Crippen molar-refractivity contribution in [3.63, 3.8) is 0 Å². The van der Waals surface area contributed by atoms with Crippen LogP contribution in [0, 0.1) is 0 Å². The molecular weight excluding hydrogens is 202 g/mol. The number of likely N-dealkylation sites (N-methyl/N-ethyl adjacent to an activating group) is 1. The van der Waals surface area contributed by atoms with Crippen molar-refractivity contribution in [2.24, 2.45) is 0 Å². The van der Waals surface area contributed by atoms with Gasteiger partial charge in [0.2, 0.25) is 0 Å². The Morgan fingerprint density at radius 3 is 2.81 bits per heavy atom. The highest BCUT2D eigenvalue weighted by molar-refractivity contribution is 5.13. The lowest BCUT2D eigenvalue weighted by molar-refractivity contribution is -0.953. The molecule has 1 N–H and O–H groups in total. The monoisotopic (exact) mass is 222 g/mol. The number of morpholine rings is 1. The molecule has 3 heteroatoms. The molecular formula is C13H20NO2+. The molecule has 1 aromatic rings. The molecule has 0 radical (unpaired) electrons. The number of quaternary nitrogens is 1. The molecule has 1 aliphatic rings. The predicted molar refractivity (Wildman–Crippen MR) is 62.9 cm³/mol. The summed E-state index contributed by atoms with van der Waals surface area (Å²) < 4.78 is 6.31. The average molecular weight is 222 g/mol. The van der Waals surface area contributed by atoms with E-state index in [9.17, 15) is 5.11 Å². The van der Waals surface area contributed by atoms with Crippen LogP contribution in [0.3, 0.4) is 0 Å². The van der Waals surface area contributed by atoms with E-state index >= 15 is 0 Å². The van der Waals surface area contributed by atoms with Crippen LogP contribution in [-0.2, 0) is 11.3 Å². The standard InChI is InChI=1S/C13H20NO2/c1-14(7-8-16-11-13(14)10-15)9-12-5-3-2-4-6-12/h2-6,13,15H,7-11H2,1H3/q+1. The zero-order valence-electron chi connectivity index (χ0n) is 9.80. The van der Waals surface area contributed by atoms with Gasteiger partial charge in [-0.05, 0) is 0 Å². The summed E-state index contributed by atoms with van der Waals surface area (Å²) in [6.45, 7) is 3.60. The molecule has 2 rings (SSSR count). The second-order valence-corrected chi connectivity index (χ2v) is 4.76. The molecule has 0 spiro atoms. The van der Waals surface area contributed by atoms with E-state index in [1.54, 1.807) is 0 Å². The topological polar surface area (TPSA) is 29.5 Å². The second-order valence-electron chi connectivity index (χ2n) is 4.76. The normalized spacial score (nSPS) is 30.2. The minimum Gasteiger partial charge on any atom is -0.390 e. The van der Waals surface area contributed by atoms with Gasteiger partial charge in [0.05, 0.1) is 20.3 Å². The molecule has 1 aliphatic heterocycles. The van der Waals surface area contributed by atoms with Crippen molar-refractivity contribution in [3.05, 3.63) is 35.9 Å². The Morgan fingerprint density at radius 1 is 1.38 bits per heavy atom. The van der Waals surface area contributed by atoms with Crippen LogP contribution in [0.4, 0.5) is 0 Å². The first kappa shape index (κ1) is 11.6. The van der Waals surface area contributed by atoms with Gasteiger partial charge in [0.15, 0.2) is 0 Å². The van der Waals surface area contributed by atoms with Gasteiger partial charge >= 0.3 is 0 Å². The fourth-order valence-electron chi connectivity index (χ4n) is 2.31. The summed E-state index contributed by atoms with van der Waals surface area (Å²) in [6.07, 6.45) is 0. The number of aliphatic hydroxyl groups excluding tert-OH is 1. The van der Waals surface area contributed by atoms with Gasteiger partial charge in [-0.1, -0.05) is 30.3 Å². The van der Waals surface area contributed by atoms with Crippen molar-refractivity contribution in [3.8, 4) is 0 Å². The molecule has 2 atom stereocenters. The maximum atomic E-state index is 9.41. The Hall–Kier alpha value is -0.900. The number of hydrogen-bond donors (Lipinski definition) is 1. The third-order valence-corrected chi connectivity index (χ3v) is 3.54. The Kier molecular flexibility index (Phi) is 3.59. The van der Waals surface area contributed by atoms with E-state index in [1.165, 1.54) is 5.56 Å². The Morgan fingerprint density at radius 2 is 2.12 bits per heavy atom. The smallest absolute Gasteiger partial charge is 0.136 e. The lowest BCUT2D eigenvalue weighted by atomic mass is 10.1. The van der Waals surface area contributed by atoms with Crippen molar-refractivity contribution in [1.29, 1.82) is 0 Å². The summed E-state index contributed by atoms with van der Waals surface area (Å²) in [6, 6.07) is 10.7. The summed E-state index contributed by atoms with van der Waals surface area (Å²) in [4.78, 5) is 0.